The van der Waals surface area contributed by atoms with Crippen LogP contribution in [0.2, 0.25) is 0 Å². The van der Waals surface area contributed by atoms with Crippen LogP contribution in [0.25, 0.3) is 11.1 Å². The summed E-state index contributed by atoms with van der Waals surface area (Å²) in [5.41, 5.74) is 3.30. The molecule has 2 aliphatic heterocycles. The third-order valence-corrected chi connectivity index (χ3v) is 6.01. The number of carbonyl (C=O) groups is 1. The molecule has 14 heteroatoms. The predicted octanol–water partition coefficient (Wildman–Crippen LogP) is 1.28. The van der Waals surface area contributed by atoms with E-state index in [1.807, 2.05) is 23.1 Å². The van der Waals surface area contributed by atoms with Crippen LogP contribution in [-0.2, 0) is 26.9 Å². The molecule has 6 N–H and O–H groups in total. The maximum Gasteiger partial charge on any atom is 0.469 e. The molecular weight excluding hydrogens is 470 g/mol. The molecule has 4 rings (SSSR count). The average Bonchev–Trinajstić information content (AvgIpc) is 3.34. The minimum atomic E-state index is -4.69. The monoisotopic (exact) mass is 494 g/mol. The van der Waals surface area contributed by atoms with Crippen molar-refractivity contribution in [1.29, 1.82) is 0 Å². The number of hydrogen-bond acceptors (Lipinski definition) is 7. The van der Waals surface area contributed by atoms with Gasteiger partial charge in [0, 0.05) is 25.7 Å². The van der Waals surface area contributed by atoms with Crippen LogP contribution in [0.1, 0.15) is 11.1 Å². The number of nitrogens with two attached hydrogens (primary N) is 2. The van der Waals surface area contributed by atoms with Gasteiger partial charge in [-0.25, -0.2) is 19.6 Å². The molecule has 2 heterocycles. The highest BCUT2D eigenvalue weighted by Gasteiger charge is 2.34. The normalized spacial score (nSPS) is 18.3. The van der Waals surface area contributed by atoms with E-state index < -0.39 is 32.4 Å². The molecule has 0 aromatic heterocycles. The van der Waals surface area contributed by atoms with Crippen LogP contribution in [0.5, 0.6) is 0 Å². The Balaban J connectivity index is 1.50. The summed E-state index contributed by atoms with van der Waals surface area (Å²) in [5, 5.41) is 5.06. The van der Waals surface area contributed by atoms with Crippen molar-refractivity contribution in [1.82, 2.24) is 9.91 Å². The maximum atomic E-state index is 15.1. The summed E-state index contributed by atoms with van der Waals surface area (Å²) in [6.07, 6.45) is -1.65. The summed E-state index contributed by atoms with van der Waals surface area (Å²) in [6, 6.07) is 9.96. The van der Waals surface area contributed by atoms with Crippen LogP contribution in [0.4, 0.5) is 14.9 Å². The molecule has 182 valence electrons. The Bertz CT molecular complexity index is 1190. The zero-order chi connectivity index (χ0) is 24.6. The zero-order valence-electron chi connectivity index (χ0n) is 18.2. The quantitative estimate of drug-likeness (QED) is 0.156. The number of rotatable bonds is 5. The van der Waals surface area contributed by atoms with E-state index in [1.165, 1.54) is 16.0 Å². The van der Waals surface area contributed by atoms with Gasteiger partial charge >= 0.3 is 13.9 Å². The molecule has 2 aliphatic rings. The third kappa shape index (κ3) is 4.98. The second kappa shape index (κ2) is 9.20. The number of fused-ring (bicyclic) bond motifs is 1. The van der Waals surface area contributed by atoms with E-state index in [0.717, 1.165) is 11.1 Å². The lowest BCUT2D eigenvalue weighted by Crippen LogP contribution is -2.44. The van der Waals surface area contributed by atoms with Gasteiger partial charge in [0.2, 0.25) is 5.96 Å². The number of ether oxygens (including phenoxy) is 1. The Morgan fingerprint density at radius 2 is 2.03 bits per heavy atom. The average molecular weight is 494 g/mol. The number of carbonyl (C=O) groups excluding carboxylic acids is 1. The van der Waals surface area contributed by atoms with Crippen molar-refractivity contribution in [2.45, 2.75) is 19.2 Å². The number of nitrogens with zero attached hydrogens (tertiary/aromatic N) is 4. The van der Waals surface area contributed by atoms with E-state index in [4.69, 9.17) is 26.2 Å². The fourth-order valence-electron chi connectivity index (χ4n) is 4.00. The summed E-state index contributed by atoms with van der Waals surface area (Å²) < 4.78 is 35.3. The summed E-state index contributed by atoms with van der Waals surface area (Å²) in [4.78, 5) is 32.8. The van der Waals surface area contributed by atoms with E-state index in [2.05, 4.69) is 9.63 Å². The molecule has 0 spiro atoms. The number of guanidine groups is 1. The number of cyclic esters (lactones) is 1. The SMILES string of the molecule is CN(N)/C(=N\N)N1Cc2ccc(-c3ccc(N4C[C@H](COP(=O)(O)O)OC4=O)cc3F)cc2C1. The van der Waals surface area contributed by atoms with Crippen LogP contribution in [0, 0.1) is 5.82 Å². The Morgan fingerprint density at radius 1 is 1.29 bits per heavy atom. The van der Waals surface area contributed by atoms with Gasteiger partial charge in [0.15, 0.2) is 0 Å². The van der Waals surface area contributed by atoms with Gasteiger partial charge in [-0.1, -0.05) is 12.1 Å². The fraction of sp³-hybridized carbons (Fsp3) is 0.300. The Morgan fingerprint density at radius 3 is 2.68 bits per heavy atom. The van der Waals surface area contributed by atoms with Crippen molar-refractivity contribution in [2.24, 2.45) is 16.8 Å². The molecule has 2 aromatic rings. The minimum absolute atomic E-state index is 0.0348. The predicted molar refractivity (Wildman–Crippen MR) is 120 cm³/mol. The molecule has 1 amide bonds. The number of phosphoric ester groups is 1. The van der Waals surface area contributed by atoms with Crippen LogP contribution in [-0.4, -0.2) is 58.1 Å². The second-order valence-corrected chi connectivity index (χ2v) is 9.19. The molecule has 34 heavy (non-hydrogen) atoms. The topological polar surface area (TPSA) is 167 Å². The van der Waals surface area contributed by atoms with Gasteiger partial charge in [0.25, 0.3) is 0 Å². The fourth-order valence-corrected chi connectivity index (χ4v) is 4.37. The molecule has 0 aliphatic carbocycles. The van der Waals surface area contributed by atoms with Gasteiger partial charge in [-0.05, 0) is 41.0 Å². The molecule has 1 atom stereocenters. The summed E-state index contributed by atoms with van der Waals surface area (Å²) in [5.74, 6) is 11.1. The van der Waals surface area contributed by atoms with Gasteiger partial charge in [0.1, 0.15) is 11.9 Å². The molecule has 0 bridgehead atoms. The molecule has 0 saturated carbocycles. The van der Waals surface area contributed by atoms with E-state index in [9.17, 15) is 9.36 Å². The number of benzene rings is 2. The van der Waals surface area contributed by atoms with Crippen LogP contribution >= 0.6 is 7.82 Å². The smallest absolute Gasteiger partial charge is 0.441 e. The number of halogens is 1. The number of anilines is 1. The van der Waals surface area contributed by atoms with Crippen molar-refractivity contribution >= 4 is 25.6 Å². The molecule has 0 radical (unpaired) electrons. The first-order chi connectivity index (χ1) is 16.1. The highest BCUT2D eigenvalue weighted by atomic mass is 31.2. The van der Waals surface area contributed by atoms with E-state index >= 15 is 4.39 Å². The van der Waals surface area contributed by atoms with Gasteiger partial charge < -0.3 is 25.3 Å². The summed E-state index contributed by atoms with van der Waals surface area (Å²) in [6.45, 7) is 0.569. The largest absolute Gasteiger partial charge is 0.469 e. The van der Waals surface area contributed by atoms with Crippen molar-refractivity contribution in [2.75, 3.05) is 25.1 Å². The molecule has 12 nitrogen and oxygen atoms in total. The molecular formula is C20H24FN6O6P. The number of hydrazine groups is 1. The molecule has 1 saturated heterocycles. The highest BCUT2D eigenvalue weighted by Crippen LogP contribution is 2.37. The van der Waals surface area contributed by atoms with E-state index in [1.54, 1.807) is 19.2 Å². The number of hydrazone groups is 1. The van der Waals surface area contributed by atoms with Gasteiger partial charge in [-0.3, -0.25) is 14.4 Å². The molecule has 1 fully saturated rings. The first-order valence-electron chi connectivity index (χ1n) is 10.2. The standard InChI is InChI=1S/C20H24FN6O6P/c1-25(23)19(24-22)26-8-13-3-2-12(6-14(13)9-26)17-5-4-15(7-18(17)21)27-10-16(33-20(27)28)11-32-34(29,30)31/h2-7,16H,8-11,22-23H2,1H3,(H2,29,30,31)/b24-19+/t16-/m1/s1. The van der Waals surface area contributed by atoms with Crippen LogP contribution in [0.3, 0.4) is 0 Å². The Labute approximate surface area is 194 Å². The minimum Gasteiger partial charge on any atom is -0.441 e. The maximum absolute atomic E-state index is 15.1. The Hall–Kier alpha value is -3.22. The lowest BCUT2D eigenvalue weighted by Gasteiger charge is -2.24. The first kappa shape index (κ1) is 23.9. The van der Waals surface area contributed by atoms with Gasteiger partial charge in [-0.2, -0.15) is 0 Å². The number of amides is 1. The van der Waals surface area contributed by atoms with Crippen LogP contribution < -0.4 is 16.6 Å². The summed E-state index contributed by atoms with van der Waals surface area (Å²) >= 11 is 0. The van der Waals surface area contributed by atoms with Gasteiger partial charge in [0.05, 0.1) is 18.8 Å². The zero-order valence-corrected chi connectivity index (χ0v) is 19.1. The van der Waals surface area contributed by atoms with Crippen molar-refractivity contribution in [3.05, 3.63) is 53.3 Å². The second-order valence-electron chi connectivity index (χ2n) is 7.95. The lowest BCUT2D eigenvalue weighted by atomic mass is 10.00. The lowest BCUT2D eigenvalue weighted by molar-refractivity contribution is 0.0880. The summed E-state index contributed by atoms with van der Waals surface area (Å²) in [7, 11) is -3.06. The van der Waals surface area contributed by atoms with Crippen molar-refractivity contribution in [3.63, 3.8) is 0 Å². The van der Waals surface area contributed by atoms with Gasteiger partial charge in [-0.15, -0.1) is 5.10 Å². The van der Waals surface area contributed by atoms with Crippen molar-refractivity contribution in [3.8, 4) is 11.1 Å². The molecule has 2 aromatic carbocycles. The van der Waals surface area contributed by atoms with Crippen LogP contribution in [0.15, 0.2) is 41.5 Å². The Kier molecular flexibility index (Phi) is 6.47. The van der Waals surface area contributed by atoms with E-state index in [0.29, 0.717) is 30.2 Å². The highest BCUT2D eigenvalue weighted by molar-refractivity contribution is 7.46. The third-order valence-electron chi connectivity index (χ3n) is 5.52. The molecule has 0 unspecified atom stereocenters. The first-order valence-corrected chi connectivity index (χ1v) is 11.7. The number of hydrogen-bond donors (Lipinski definition) is 4. The van der Waals surface area contributed by atoms with E-state index in [-0.39, 0.29) is 12.2 Å². The van der Waals surface area contributed by atoms with Crippen molar-refractivity contribution < 1.29 is 32.8 Å². The number of phosphoric acid groups is 1.